The Morgan fingerprint density at radius 3 is 2.70 bits per heavy atom. The summed E-state index contributed by atoms with van der Waals surface area (Å²) < 4.78 is 5.38. The van der Waals surface area contributed by atoms with Crippen molar-refractivity contribution in [3.8, 4) is 0 Å². The minimum absolute atomic E-state index is 0.552. The van der Waals surface area contributed by atoms with Crippen LogP contribution in [0.5, 0.6) is 0 Å². The Morgan fingerprint density at radius 2 is 2.10 bits per heavy atom. The SMILES string of the molecule is CCCC[C]1OC1CCC. The fourth-order valence-corrected chi connectivity index (χ4v) is 1.20. The first-order valence-corrected chi connectivity index (χ1v) is 4.40. The molecule has 0 aromatic carbocycles. The van der Waals surface area contributed by atoms with E-state index in [4.69, 9.17) is 4.74 Å². The van der Waals surface area contributed by atoms with Crippen molar-refractivity contribution in [1.82, 2.24) is 0 Å². The van der Waals surface area contributed by atoms with Crippen LogP contribution in [-0.2, 0) is 4.74 Å². The van der Waals surface area contributed by atoms with Crippen molar-refractivity contribution in [1.29, 1.82) is 0 Å². The number of unbranched alkanes of at least 4 members (excludes halogenated alkanes) is 1. The Labute approximate surface area is 63.8 Å². The average molecular weight is 141 g/mol. The Hall–Kier alpha value is -0.0400. The molecule has 0 amide bonds. The molecule has 1 fully saturated rings. The third-order valence-electron chi connectivity index (χ3n) is 1.92. The number of ether oxygens (including phenoxy) is 1. The summed E-state index contributed by atoms with van der Waals surface area (Å²) in [5.41, 5.74) is 0. The molecule has 0 saturated carbocycles. The van der Waals surface area contributed by atoms with E-state index in [-0.39, 0.29) is 0 Å². The van der Waals surface area contributed by atoms with Crippen LogP contribution >= 0.6 is 0 Å². The van der Waals surface area contributed by atoms with E-state index in [1.54, 1.807) is 0 Å². The third kappa shape index (κ3) is 2.30. The summed E-state index contributed by atoms with van der Waals surface area (Å²) in [6, 6.07) is 0. The van der Waals surface area contributed by atoms with Gasteiger partial charge in [-0.05, 0) is 12.8 Å². The molecule has 0 bridgehead atoms. The molecule has 1 aliphatic rings. The molecule has 1 nitrogen and oxygen atoms in total. The highest BCUT2D eigenvalue weighted by Crippen LogP contribution is 2.38. The third-order valence-corrected chi connectivity index (χ3v) is 1.92. The van der Waals surface area contributed by atoms with Gasteiger partial charge in [0.05, 0.1) is 6.10 Å². The standard InChI is InChI=1S/C9H17O/c1-3-5-7-9-8(10-9)6-4-2/h8H,3-7H2,1-2H3. The van der Waals surface area contributed by atoms with Crippen molar-refractivity contribution in [2.75, 3.05) is 0 Å². The molecule has 0 spiro atoms. The van der Waals surface area contributed by atoms with Crippen LogP contribution in [0.25, 0.3) is 0 Å². The van der Waals surface area contributed by atoms with Crippen molar-refractivity contribution in [2.24, 2.45) is 0 Å². The van der Waals surface area contributed by atoms with Crippen LogP contribution in [0, 0.1) is 6.10 Å². The van der Waals surface area contributed by atoms with Crippen molar-refractivity contribution < 1.29 is 4.74 Å². The molecular formula is C9H17O. The van der Waals surface area contributed by atoms with E-state index in [9.17, 15) is 0 Å². The summed E-state index contributed by atoms with van der Waals surface area (Å²) in [6.07, 6.45) is 8.20. The highest BCUT2D eigenvalue weighted by molar-refractivity contribution is 5.02. The van der Waals surface area contributed by atoms with Crippen LogP contribution in [-0.4, -0.2) is 6.10 Å². The van der Waals surface area contributed by atoms with Gasteiger partial charge in [-0.1, -0.05) is 33.1 Å². The topological polar surface area (TPSA) is 12.5 Å². The first-order valence-electron chi connectivity index (χ1n) is 4.40. The van der Waals surface area contributed by atoms with Crippen LogP contribution < -0.4 is 0 Å². The highest BCUT2D eigenvalue weighted by Gasteiger charge is 2.37. The fourth-order valence-electron chi connectivity index (χ4n) is 1.20. The largest absolute Gasteiger partial charge is 0.363 e. The Morgan fingerprint density at radius 1 is 1.30 bits per heavy atom. The minimum Gasteiger partial charge on any atom is -0.363 e. The molecule has 1 saturated heterocycles. The van der Waals surface area contributed by atoms with E-state index in [0.29, 0.717) is 6.10 Å². The number of rotatable bonds is 5. The molecule has 1 aliphatic heterocycles. The Balaban J connectivity index is 1.92. The van der Waals surface area contributed by atoms with Gasteiger partial charge in [0.25, 0.3) is 0 Å². The van der Waals surface area contributed by atoms with Crippen molar-refractivity contribution >= 4 is 0 Å². The molecule has 0 aliphatic carbocycles. The maximum Gasteiger partial charge on any atom is 0.126 e. The predicted molar refractivity (Wildman–Crippen MR) is 42.5 cm³/mol. The molecule has 0 aromatic heterocycles. The molecule has 10 heavy (non-hydrogen) atoms. The fraction of sp³-hybridized carbons (Fsp3) is 0.889. The van der Waals surface area contributed by atoms with E-state index >= 15 is 0 Å². The predicted octanol–water partition coefficient (Wildman–Crippen LogP) is 2.91. The van der Waals surface area contributed by atoms with E-state index < -0.39 is 0 Å². The molecule has 1 rings (SSSR count). The first kappa shape index (κ1) is 8.06. The van der Waals surface area contributed by atoms with E-state index in [1.165, 1.54) is 38.2 Å². The number of epoxide rings is 1. The van der Waals surface area contributed by atoms with Crippen LogP contribution in [0.15, 0.2) is 0 Å². The second-order valence-electron chi connectivity index (χ2n) is 2.97. The van der Waals surface area contributed by atoms with Gasteiger partial charge in [-0.3, -0.25) is 0 Å². The molecule has 1 heteroatoms. The molecule has 0 aromatic rings. The average Bonchev–Trinajstić information content (AvgIpc) is 2.65. The summed E-state index contributed by atoms with van der Waals surface area (Å²) in [4.78, 5) is 0. The van der Waals surface area contributed by atoms with Crippen LogP contribution in [0.4, 0.5) is 0 Å². The van der Waals surface area contributed by atoms with Gasteiger partial charge in [-0.2, -0.15) is 0 Å². The molecule has 1 unspecified atom stereocenters. The first-order chi connectivity index (χ1) is 4.88. The Bertz CT molecular complexity index is 90.7. The molecule has 1 atom stereocenters. The normalized spacial score (nSPS) is 25.2. The van der Waals surface area contributed by atoms with Gasteiger partial charge in [0, 0.05) is 0 Å². The molecular weight excluding hydrogens is 124 g/mol. The molecule has 59 valence electrons. The molecule has 0 N–H and O–H groups in total. The van der Waals surface area contributed by atoms with Gasteiger partial charge in [0.1, 0.15) is 6.10 Å². The van der Waals surface area contributed by atoms with Crippen molar-refractivity contribution in [3.63, 3.8) is 0 Å². The van der Waals surface area contributed by atoms with E-state index in [1.807, 2.05) is 0 Å². The highest BCUT2D eigenvalue weighted by atomic mass is 16.6. The molecule has 1 radical (unpaired) electrons. The number of hydrogen-bond donors (Lipinski definition) is 0. The number of hydrogen-bond acceptors (Lipinski definition) is 1. The van der Waals surface area contributed by atoms with Gasteiger partial charge in [0.2, 0.25) is 0 Å². The van der Waals surface area contributed by atoms with Gasteiger partial charge in [-0.25, -0.2) is 0 Å². The summed E-state index contributed by atoms with van der Waals surface area (Å²) in [5, 5.41) is 0. The quantitative estimate of drug-likeness (QED) is 0.536. The zero-order chi connectivity index (χ0) is 7.40. The second-order valence-corrected chi connectivity index (χ2v) is 2.97. The Kier molecular flexibility index (Phi) is 3.20. The maximum absolute atomic E-state index is 5.38. The van der Waals surface area contributed by atoms with Gasteiger partial charge in [-0.15, -0.1) is 0 Å². The van der Waals surface area contributed by atoms with E-state index in [0.717, 1.165) is 0 Å². The lowest BCUT2D eigenvalue weighted by Crippen LogP contribution is -1.85. The van der Waals surface area contributed by atoms with Gasteiger partial charge in [0.15, 0.2) is 0 Å². The monoisotopic (exact) mass is 141 g/mol. The second kappa shape index (κ2) is 3.97. The molecule has 1 heterocycles. The zero-order valence-electron chi connectivity index (χ0n) is 7.02. The van der Waals surface area contributed by atoms with Gasteiger partial charge < -0.3 is 4.74 Å². The van der Waals surface area contributed by atoms with Crippen LogP contribution in [0.3, 0.4) is 0 Å². The zero-order valence-corrected chi connectivity index (χ0v) is 7.02. The van der Waals surface area contributed by atoms with Crippen LogP contribution in [0.1, 0.15) is 46.0 Å². The van der Waals surface area contributed by atoms with E-state index in [2.05, 4.69) is 13.8 Å². The lowest BCUT2D eigenvalue weighted by molar-refractivity contribution is 0.387. The summed E-state index contributed by atoms with van der Waals surface area (Å²) in [7, 11) is 0. The van der Waals surface area contributed by atoms with Crippen molar-refractivity contribution in [2.45, 2.75) is 52.1 Å². The summed E-state index contributed by atoms with van der Waals surface area (Å²) in [6.45, 7) is 4.43. The van der Waals surface area contributed by atoms with Gasteiger partial charge >= 0.3 is 0 Å². The maximum atomic E-state index is 5.38. The minimum atomic E-state index is 0.552. The lowest BCUT2D eigenvalue weighted by Gasteiger charge is -1.89. The van der Waals surface area contributed by atoms with Crippen LogP contribution in [0.2, 0.25) is 0 Å². The lowest BCUT2D eigenvalue weighted by atomic mass is 10.1. The van der Waals surface area contributed by atoms with Crippen molar-refractivity contribution in [3.05, 3.63) is 6.10 Å². The smallest absolute Gasteiger partial charge is 0.126 e. The summed E-state index contributed by atoms with van der Waals surface area (Å²) in [5.74, 6) is 0. The summed E-state index contributed by atoms with van der Waals surface area (Å²) >= 11 is 0.